The van der Waals surface area contributed by atoms with Crippen LogP contribution in [-0.4, -0.2) is 46.9 Å². The highest BCUT2D eigenvalue weighted by molar-refractivity contribution is 5.89. The van der Waals surface area contributed by atoms with E-state index in [1.54, 1.807) is 18.3 Å². The number of nitrogens with one attached hydrogen (secondary N) is 3. The lowest BCUT2D eigenvalue weighted by Crippen LogP contribution is -2.52. The molecule has 0 saturated carbocycles. The summed E-state index contributed by atoms with van der Waals surface area (Å²) in [6.45, 7) is -0.0681. The molecule has 0 unspecified atom stereocenters. The second-order valence-corrected chi connectivity index (χ2v) is 7.64. The van der Waals surface area contributed by atoms with Gasteiger partial charge in [-0.2, -0.15) is 13.2 Å². The molecule has 1 fully saturated rings. The Balaban J connectivity index is 1.45. The molecule has 1 saturated heterocycles. The summed E-state index contributed by atoms with van der Waals surface area (Å²) in [6.07, 6.45) is -2.90. The maximum atomic E-state index is 12.6. The van der Waals surface area contributed by atoms with Gasteiger partial charge in [0.05, 0.1) is 43.0 Å². The van der Waals surface area contributed by atoms with E-state index in [0.717, 1.165) is 30.0 Å². The number of aliphatic hydroxyl groups is 1. The monoisotopic (exact) mass is 466 g/mol. The zero-order chi connectivity index (χ0) is 23.8. The fourth-order valence-electron chi connectivity index (χ4n) is 3.50. The second kappa shape index (κ2) is 11.1. The number of aromatic nitrogens is 1. The molecule has 2 aromatic rings. The number of carbonyl (C=O) groups excluding carboxylic acids is 2. The Hall–Kier alpha value is -3.18. The van der Waals surface area contributed by atoms with Crippen molar-refractivity contribution in [2.75, 3.05) is 11.9 Å². The summed E-state index contributed by atoms with van der Waals surface area (Å²) in [7, 11) is 0. The molecule has 0 radical (unpaired) electrons. The molecule has 11 heteroatoms. The molecule has 8 nitrogen and oxygen atoms in total. The van der Waals surface area contributed by atoms with Gasteiger partial charge < -0.3 is 25.8 Å². The summed E-state index contributed by atoms with van der Waals surface area (Å²) in [5.74, 6) is -0.214. The van der Waals surface area contributed by atoms with E-state index in [1.165, 1.54) is 0 Å². The molecule has 2 heterocycles. The molecule has 0 bridgehead atoms. The highest BCUT2D eigenvalue weighted by atomic mass is 19.4. The van der Waals surface area contributed by atoms with Crippen LogP contribution in [0.25, 0.3) is 0 Å². The Kier molecular flexibility index (Phi) is 8.23. The number of aliphatic hydroxyl groups excluding tert-OH is 1. The lowest BCUT2D eigenvalue weighted by molar-refractivity contribution is -0.137. The number of pyridine rings is 1. The van der Waals surface area contributed by atoms with Crippen LogP contribution in [-0.2, 0) is 22.3 Å². The van der Waals surface area contributed by atoms with Gasteiger partial charge in [-0.15, -0.1) is 0 Å². The molecule has 3 amide bonds. The van der Waals surface area contributed by atoms with Crippen LogP contribution in [0.4, 0.5) is 23.7 Å². The predicted molar refractivity (Wildman–Crippen MR) is 113 cm³/mol. The van der Waals surface area contributed by atoms with Crippen LogP contribution in [0.5, 0.6) is 0 Å². The minimum Gasteiger partial charge on any atom is -0.394 e. The number of hydrogen-bond acceptors (Lipinski definition) is 5. The second-order valence-electron chi connectivity index (χ2n) is 7.64. The summed E-state index contributed by atoms with van der Waals surface area (Å²) in [4.78, 5) is 28.6. The molecule has 3 rings (SSSR count). The van der Waals surface area contributed by atoms with Crippen molar-refractivity contribution in [2.24, 2.45) is 0 Å². The Labute approximate surface area is 188 Å². The number of hydrogen-bond donors (Lipinski definition) is 4. The van der Waals surface area contributed by atoms with Gasteiger partial charge in [0.25, 0.3) is 0 Å². The quantitative estimate of drug-likeness (QED) is 0.501. The highest BCUT2D eigenvalue weighted by Crippen LogP contribution is 2.30. The highest BCUT2D eigenvalue weighted by Gasteiger charge is 2.33. The Morgan fingerprint density at radius 1 is 1.12 bits per heavy atom. The first-order chi connectivity index (χ1) is 15.7. The smallest absolute Gasteiger partial charge is 0.394 e. The van der Waals surface area contributed by atoms with E-state index in [2.05, 4.69) is 20.9 Å². The van der Waals surface area contributed by atoms with Crippen LogP contribution < -0.4 is 16.0 Å². The summed E-state index contributed by atoms with van der Waals surface area (Å²) in [5, 5.41) is 17.6. The SMILES string of the molecule is O=C(C[C@H]1CC[C@@H](NC(=O)Nc2ccc(C(F)(F)F)cc2)[C@@H](CO)O1)NCc1ccccn1. The average Bonchev–Trinajstić information content (AvgIpc) is 2.79. The van der Waals surface area contributed by atoms with E-state index in [1.807, 2.05) is 6.07 Å². The third kappa shape index (κ3) is 7.43. The topological polar surface area (TPSA) is 113 Å². The van der Waals surface area contributed by atoms with Gasteiger partial charge >= 0.3 is 12.2 Å². The molecule has 3 atom stereocenters. The largest absolute Gasteiger partial charge is 0.416 e. The molecule has 0 aliphatic carbocycles. The van der Waals surface area contributed by atoms with Crippen LogP contribution >= 0.6 is 0 Å². The van der Waals surface area contributed by atoms with Crippen molar-refractivity contribution in [3.05, 3.63) is 59.9 Å². The van der Waals surface area contributed by atoms with Gasteiger partial charge in [-0.1, -0.05) is 6.07 Å². The number of rotatable bonds is 7. The zero-order valence-electron chi connectivity index (χ0n) is 17.6. The Bertz CT molecular complexity index is 925. The van der Waals surface area contributed by atoms with E-state index in [9.17, 15) is 27.9 Å². The third-order valence-electron chi connectivity index (χ3n) is 5.19. The number of benzene rings is 1. The van der Waals surface area contributed by atoms with Crippen molar-refractivity contribution >= 4 is 17.6 Å². The Morgan fingerprint density at radius 3 is 2.52 bits per heavy atom. The summed E-state index contributed by atoms with van der Waals surface area (Å²) in [6, 6.07) is 8.32. The number of alkyl halides is 3. The summed E-state index contributed by atoms with van der Waals surface area (Å²) >= 11 is 0. The van der Waals surface area contributed by atoms with Gasteiger partial charge in [0.1, 0.15) is 6.10 Å². The molecule has 0 spiro atoms. The number of anilines is 1. The number of amides is 3. The van der Waals surface area contributed by atoms with Gasteiger partial charge in [0.2, 0.25) is 5.91 Å². The van der Waals surface area contributed by atoms with Gasteiger partial charge in [-0.05, 0) is 49.2 Å². The molecular formula is C22H25F3N4O4. The molecule has 178 valence electrons. The van der Waals surface area contributed by atoms with Crippen molar-refractivity contribution < 1.29 is 32.6 Å². The average molecular weight is 466 g/mol. The lowest BCUT2D eigenvalue weighted by Gasteiger charge is -2.35. The van der Waals surface area contributed by atoms with Gasteiger partial charge in [-0.3, -0.25) is 9.78 Å². The van der Waals surface area contributed by atoms with Crippen LogP contribution in [0.3, 0.4) is 0 Å². The Morgan fingerprint density at radius 2 is 1.88 bits per heavy atom. The van der Waals surface area contributed by atoms with Crippen molar-refractivity contribution in [1.29, 1.82) is 0 Å². The lowest BCUT2D eigenvalue weighted by atomic mass is 9.97. The first kappa shape index (κ1) is 24.5. The molecular weight excluding hydrogens is 441 g/mol. The number of urea groups is 1. The van der Waals surface area contributed by atoms with Gasteiger partial charge in [0, 0.05) is 11.9 Å². The maximum Gasteiger partial charge on any atom is 0.416 e. The van der Waals surface area contributed by atoms with Crippen molar-refractivity contribution in [3.63, 3.8) is 0 Å². The van der Waals surface area contributed by atoms with Crippen molar-refractivity contribution in [2.45, 2.75) is 50.2 Å². The minimum absolute atomic E-state index is 0.105. The summed E-state index contributed by atoms with van der Waals surface area (Å²) in [5.41, 5.74) is 0.108. The fourth-order valence-corrected chi connectivity index (χ4v) is 3.50. The number of nitrogens with zero attached hydrogens (tertiary/aromatic N) is 1. The van der Waals surface area contributed by atoms with E-state index in [0.29, 0.717) is 19.4 Å². The predicted octanol–water partition coefficient (Wildman–Crippen LogP) is 2.84. The number of ether oxygens (including phenoxy) is 1. The van der Waals surface area contributed by atoms with E-state index >= 15 is 0 Å². The van der Waals surface area contributed by atoms with Crippen molar-refractivity contribution in [1.82, 2.24) is 15.6 Å². The number of halogens is 3. The standard InChI is InChI=1S/C22H25F3N4O4/c23-22(24,25)14-4-6-15(7-5-14)28-21(32)29-18-9-8-17(33-19(18)13-30)11-20(31)27-12-16-3-1-2-10-26-16/h1-7,10,17-19,30H,8-9,11-13H2,(H,27,31)(H2,28,29,32)/t17-,18-,19-/m1/s1. The van der Waals surface area contributed by atoms with Crippen LogP contribution in [0.1, 0.15) is 30.5 Å². The third-order valence-corrected chi connectivity index (χ3v) is 5.19. The first-order valence-electron chi connectivity index (χ1n) is 10.4. The molecule has 1 aromatic carbocycles. The molecule has 4 N–H and O–H groups in total. The first-order valence-corrected chi connectivity index (χ1v) is 10.4. The van der Waals surface area contributed by atoms with Gasteiger partial charge in [0.15, 0.2) is 0 Å². The van der Waals surface area contributed by atoms with E-state index < -0.39 is 36.0 Å². The van der Waals surface area contributed by atoms with Crippen molar-refractivity contribution in [3.8, 4) is 0 Å². The maximum absolute atomic E-state index is 12.6. The van der Waals surface area contributed by atoms with E-state index in [-0.39, 0.29) is 24.6 Å². The van der Waals surface area contributed by atoms with Crippen LogP contribution in [0.15, 0.2) is 48.7 Å². The number of carbonyl (C=O) groups is 2. The normalized spacial score (nSPS) is 20.7. The fraction of sp³-hybridized carbons (Fsp3) is 0.409. The molecule has 1 aliphatic heterocycles. The van der Waals surface area contributed by atoms with E-state index in [4.69, 9.17) is 4.74 Å². The summed E-state index contributed by atoms with van der Waals surface area (Å²) < 4.78 is 43.7. The zero-order valence-corrected chi connectivity index (χ0v) is 17.6. The van der Waals surface area contributed by atoms with Gasteiger partial charge in [-0.25, -0.2) is 4.79 Å². The molecule has 1 aliphatic rings. The molecule has 33 heavy (non-hydrogen) atoms. The minimum atomic E-state index is -4.46. The van der Waals surface area contributed by atoms with Crippen LogP contribution in [0.2, 0.25) is 0 Å². The molecule has 1 aromatic heterocycles. The van der Waals surface area contributed by atoms with Crippen LogP contribution in [0, 0.1) is 0 Å².